The Morgan fingerprint density at radius 2 is 0.500 bits per heavy atom. The standard InChI is InChI=1S/C46H44/c1-5-45(6-2)41-29-37(33-21-13-9-14-22-33)39(35-25-17-11-18-26-35)31-43(41)46(7-3,8-4)44-32-40(36-27-19-12-20-28-36)38(30-42(44)45)34-23-15-10-16-24-34/h9-32H,5-8H2,1-4H3. The molecule has 46 heavy (non-hydrogen) atoms. The Balaban J connectivity index is 1.62. The summed E-state index contributed by atoms with van der Waals surface area (Å²) < 4.78 is 0. The third-order valence-electron chi connectivity index (χ3n) is 11.1. The molecule has 228 valence electrons. The second-order valence-corrected chi connectivity index (χ2v) is 12.9. The van der Waals surface area contributed by atoms with Crippen molar-refractivity contribution in [3.8, 4) is 44.5 Å². The zero-order chi connectivity index (χ0) is 31.7. The first-order valence-corrected chi connectivity index (χ1v) is 17.2. The molecule has 0 heteroatoms. The van der Waals surface area contributed by atoms with Gasteiger partial charge in [-0.1, -0.05) is 149 Å². The first-order chi connectivity index (χ1) is 22.6. The monoisotopic (exact) mass is 596 g/mol. The Morgan fingerprint density at radius 3 is 0.674 bits per heavy atom. The largest absolute Gasteiger partial charge is 0.0642 e. The maximum atomic E-state index is 2.59. The van der Waals surface area contributed by atoms with Gasteiger partial charge in [0.1, 0.15) is 0 Å². The van der Waals surface area contributed by atoms with Crippen LogP contribution in [0.1, 0.15) is 75.6 Å². The van der Waals surface area contributed by atoms with Crippen LogP contribution < -0.4 is 0 Å². The second-order valence-electron chi connectivity index (χ2n) is 12.9. The van der Waals surface area contributed by atoms with E-state index in [1.165, 1.54) is 66.8 Å². The summed E-state index contributed by atoms with van der Waals surface area (Å²) in [6, 6.07) is 54.4. The quantitative estimate of drug-likeness (QED) is 0.164. The molecule has 0 saturated heterocycles. The van der Waals surface area contributed by atoms with E-state index in [4.69, 9.17) is 0 Å². The van der Waals surface area contributed by atoms with Gasteiger partial charge in [-0.05, 0) is 117 Å². The highest BCUT2D eigenvalue weighted by atomic mass is 14.5. The maximum Gasteiger partial charge on any atom is 0.0204 e. The normalized spacial score (nSPS) is 14.3. The van der Waals surface area contributed by atoms with Gasteiger partial charge in [0, 0.05) is 10.8 Å². The van der Waals surface area contributed by atoms with Crippen LogP contribution in [0.2, 0.25) is 0 Å². The molecule has 7 rings (SSSR count). The second kappa shape index (κ2) is 12.3. The van der Waals surface area contributed by atoms with Crippen LogP contribution in [0.5, 0.6) is 0 Å². The van der Waals surface area contributed by atoms with Gasteiger partial charge in [0.2, 0.25) is 0 Å². The molecule has 0 heterocycles. The van der Waals surface area contributed by atoms with Crippen molar-refractivity contribution in [2.24, 2.45) is 0 Å². The summed E-state index contributed by atoms with van der Waals surface area (Å²) >= 11 is 0. The Labute approximate surface area is 275 Å². The lowest BCUT2D eigenvalue weighted by Crippen LogP contribution is -2.42. The summed E-state index contributed by atoms with van der Waals surface area (Å²) in [5.74, 6) is 0. The van der Waals surface area contributed by atoms with Gasteiger partial charge in [-0.25, -0.2) is 0 Å². The van der Waals surface area contributed by atoms with E-state index in [1.807, 2.05) is 0 Å². The van der Waals surface area contributed by atoms with Gasteiger partial charge >= 0.3 is 0 Å². The lowest BCUT2D eigenvalue weighted by molar-refractivity contribution is 0.388. The highest BCUT2D eigenvalue weighted by Crippen LogP contribution is 2.58. The molecule has 0 radical (unpaired) electrons. The molecule has 0 saturated carbocycles. The van der Waals surface area contributed by atoms with Crippen molar-refractivity contribution < 1.29 is 0 Å². The molecule has 0 aromatic heterocycles. The van der Waals surface area contributed by atoms with E-state index in [2.05, 4.69) is 173 Å². The average molecular weight is 597 g/mol. The molecule has 0 bridgehead atoms. The van der Waals surface area contributed by atoms with E-state index >= 15 is 0 Å². The van der Waals surface area contributed by atoms with Crippen molar-refractivity contribution in [3.63, 3.8) is 0 Å². The number of rotatable bonds is 8. The molecular formula is C46H44. The molecule has 0 unspecified atom stereocenters. The minimum absolute atomic E-state index is 0.101. The molecule has 0 amide bonds. The van der Waals surface area contributed by atoms with Crippen LogP contribution in [0.3, 0.4) is 0 Å². The zero-order valence-electron chi connectivity index (χ0n) is 27.7. The van der Waals surface area contributed by atoms with Crippen LogP contribution in [-0.4, -0.2) is 0 Å². The third kappa shape index (κ3) is 4.66. The van der Waals surface area contributed by atoms with Gasteiger partial charge in [0.05, 0.1) is 0 Å². The summed E-state index contributed by atoms with van der Waals surface area (Å²) in [5.41, 5.74) is 16.3. The molecule has 0 nitrogen and oxygen atoms in total. The number of hydrogen-bond donors (Lipinski definition) is 0. The minimum atomic E-state index is -0.101. The van der Waals surface area contributed by atoms with E-state index < -0.39 is 0 Å². The van der Waals surface area contributed by atoms with E-state index in [9.17, 15) is 0 Å². The van der Waals surface area contributed by atoms with Gasteiger partial charge < -0.3 is 0 Å². The van der Waals surface area contributed by atoms with Crippen molar-refractivity contribution >= 4 is 0 Å². The predicted molar refractivity (Wildman–Crippen MR) is 197 cm³/mol. The third-order valence-corrected chi connectivity index (χ3v) is 11.1. The summed E-state index contributed by atoms with van der Waals surface area (Å²) in [6.45, 7) is 9.62. The molecule has 0 fully saturated rings. The van der Waals surface area contributed by atoms with Crippen LogP contribution in [-0.2, 0) is 10.8 Å². The first-order valence-electron chi connectivity index (χ1n) is 17.2. The van der Waals surface area contributed by atoms with Crippen molar-refractivity contribution in [3.05, 3.63) is 168 Å². The molecule has 1 aliphatic rings. The van der Waals surface area contributed by atoms with Gasteiger partial charge in [0.15, 0.2) is 0 Å². The predicted octanol–water partition coefficient (Wildman–Crippen LogP) is 12.9. The Bertz CT molecular complexity index is 1660. The van der Waals surface area contributed by atoms with E-state index in [0.29, 0.717) is 0 Å². The van der Waals surface area contributed by atoms with E-state index in [-0.39, 0.29) is 10.8 Å². The SMILES string of the molecule is CCC1(CC)c2cc(-c3ccccc3)c(-c3ccccc3)cc2C(CC)(CC)c2cc(-c3ccccc3)c(-c3ccccc3)cc21. The molecule has 6 aromatic carbocycles. The molecule has 0 spiro atoms. The van der Waals surface area contributed by atoms with Gasteiger partial charge in [-0.15, -0.1) is 0 Å². The summed E-state index contributed by atoms with van der Waals surface area (Å²) in [4.78, 5) is 0. The maximum absolute atomic E-state index is 2.59. The van der Waals surface area contributed by atoms with Gasteiger partial charge in [0.25, 0.3) is 0 Å². The molecular weight excluding hydrogens is 553 g/mol. The number of hydrogen-bond acceptors (Lipinski definition) is 0. The Morgan fingerprint density at radius 1 is 0.304 bits per heavy atom. The van der Waals surface area contributed by atoms with Crippen molar-refractivity contribution in [2.45, 2.75) is 64.2 Å². The summed E-state index contributed by atoms with van der Waals surface area (Å²) in [6.07, 6.45) is 4.19. The molecule has 1 aliphatic carbocycles. The Kier molecular flexibility index (Phi) is 7.99. The smallest absolute Gasteiger partial charge is 0.0204 e. The average Bonchev–Trinajstić information content (AvgIpc) is 3.14. The van der Waals surface area contributed by atoms with Crippen LogP contribution in [0, 0.1) is 0 Å². The molecule has 0 atom stereocenters. The fourth-order valence-electron chi connectivity index (χ4n) is 8.52. The Hall–Kier alpha value is -4.68. The van der Waals surface area contributed by atoms with Crippen LogP contribution in [0.25, 0.3) is 44.5 Å². The van der Waals surface area contributed by atoms with Crippen molar-refractivity contribution in [1.82, 2.24) is 0 Å². The first kappa shape index (κ1) is 30.0. The van der Waals surface area contributed by atoms with Crippen molar-refractivity contribution in [2.75, 3.05) is 0 Å². The molecule has 6 aromatic rings. The van der Waals surface area contributed by atoms with E-state index in [1.54, 1.807) is 0 Å². The van der Waals surface area contributed by atoms with Gasteiger partial charge in [-0.2, -0.15) is 0 Å². The summed E-state index contributed by atoms with van der Waals surface area (Å²) in [5, 5.41) is 0. The fraction of sp³-hybridized carbons (Fsp3) is 0.217. The van der Waals surface area contributed by atoms with Crippen LogP contribution in [0.4, 0.5) is 0 Å². The number of fused-ring (bicyclic) bond motifs is 2. The zero-order valence-corrected chi connectivity index (χ0v) is 27.7. The topological polar surface area (TPSA) is 0 Å². The highest BCUT2D eigenvalue weighted by Gasteiger charge is 2.48. The van der Waals surface area contributed by atoms with Crippen LogP contribution >= 0.6 is 0 Å². The van der Waals surface area contributed by atoms with Crippen LogP contribution in [0.15, 0.2) is 146 Å². The van der Waals surface area contributed by atoms with Crippen molar-refractivity contribution in [1.29, 1.82) is 0 Å². The minimum Gasteiger partial charge on any atom is -0.0642 e. The lowest BCUT2D eigenvalue weighted by atomic mass is 9.53. The number of benzene rings is 6. The molecule has 0 N–H and O–H groups in total. The summed E-state index contributed by atoms with van der Waals surface area (Å²) in [7, 11) is 0. The molecule has 0 aliphatic heterocycles. The highest BCUT2D eigenvalue weighted by molar-refractivity contribution is 5.89. The lowest BCUT2D eigenvalue weighted by Gasteiger charge is -2.50. The van der Waals surface area contributed by atoms with E-state index in [0.717, 1.165) is 25.7 Å². The fourth-order valence-corrected chi connectivity index (χ4v) is 8.52. The van der Waals surface area contributed by atoms with Gasteiger partial charge in [-0.3, -0.25) is 0 Å².